The number of urea groups is 1. The second-order valence-corrected chi connectivity index (χ2v) is 7.45. The zero-order valence-electron chi connectivity index (χ0n) is 15.3. The lowest BCUT2D eigenvalue weighted by Crippen LogP contribution is -2.63. The van der Waals surface area contributed by atoms with Crippen LogP contribution in [0.3, 0.4) is 0 Å². The Hall–Kier alpha value is -3.33. The van der Waals surface area contributed by atoms with E-state index in [1.54, 1.807) is 17.0 Å². The molecule has 2 aromatic rings. The lowest BCUT2D eigenvalue weighted by Gasteiger charge is -2.45. The Kier molecular flexibility index (Phi) is 4.75. The SMILES string of the molecule is O=C1NC2(CCN(C(=O)Nc3ccc([N+](=O)[O-])cc3)CC2)Nc2cccc(Cl)c21. The van der Waals surface area contributed by atoms with Crippen LogP contribution < -0.4 is 16.0 Å². The number of carbonyl (C=O) groups excluding carboxylic acids is 2. The molecule has 150 valence electrons. The number of nitro groups is 1. The van der Waals surface area contributed by atoms with E-state index in [0.29, 0.717) is 47.9 Å². The highest BCUT2D eigenvalue weighted by molar-refractivity contribution is 6.34. The largest absolute Gasteiger partial charge is 0.362 e. The van der Waals surface area contributed by atoms with E-state index >= 15 is 0 Å². The maximum absolute atomic E-state index is 12.5. The Morgan fingerprint density at radius 1 is 1.14 bits per heavy atom. The van der Waals surface area contributed by atoms with E-state index in [9.17, 15) is 19.7 Å². The van der Waals surface area contributed by atoms with Gasteiger partial charge in [0, 0.05) is 43.8 Å². The number of non-ortho nitro benzene ring substituents is 1. The number of carbonyl (C=O) groups is 2. The number of nitro benzene ring substituents is 1. The van der Waals surface area contributed by atoms with Crippen molar-refractivity contribution < 1.29 is 14.5 Å². The Bertz CT molecular complexity index is 987. The summed E-state index contributed by atoms with van der Waals surface area (Å²) in [5, 5.41) is 20.2. The fourth-order valence-electron chi connectivity index (χ4n) is 3.64. The number of amides is 3. The van der Waals surface area contributed by atoms with Crippen LogP contribution in [0.2, 0.25) is 5.02 Å². The van der Waals surface area contributed by atoms with Gasteiger partial charge in [-0.25, -0.2) is 4.79 Å². The molecule has 0 bridgehead atoms. The lowest BCUT2D eigenvalue weighted by atomic mass is 9.92. The van der Waals surface area contributed by atoms with Gasteiger partial charge in [-0.2, -0.15) is 0 Å². The molecule has 0 atom stereocenters. The minimum Gasteiger partial charge on any atom is -0.362 e. The molecule has 0 aliphatic carbocycles. The van der Waals surface area contributed by atoms with Crippen molar-refractivity contribution >= 4 is 40.6 Å². The van der Waals surface area contributed by atoms with Crippen molar-refractivity contribution in [3.63, 3.8) is 0 Å². The van der Waals surface area contributed by atoms with Gasteiger partial charge in [-0.05, 0) is 24.3 Å². The second kappa shape index (κ2) is 7.25. The molecule has 9 nitrogen and oxygen atoms in total. The molecule has 1 saturated heterocycles. The third-order valence-electron chi connectivity index (χ3n) is 5.20. The smallest absolute Gasteiger partial charge is 0.321 e. The fourth-order valence-corrected chi connectivity index (χ4v) is 3.90. The van der Waals surface area contributed by atoms with Gasteiger partial charge >= 0.3 is 6.03 Å². The summed E-state index contributed by atoms with van der Waals surface area (Å²) < 4.78 is 0. The van der Waals surface area contributed by atoms with E-state index in [2.05, 4.69) is 16.0 Å². The molecule has 1 fully saturated rings. The predicted octanol–water partition coefficient (Wildman–Crippen LogP) is 3.43. The minimum absolute atomic E-state index is 0.0394. The minimum atomic E-state index is -0.626. The first-order valence-corrected chi connectivity index (χ1v) is 9.44. The maximum atomic E-state index is 12.5. The van der Waals surface area contributed by atoms with Crippen LogP contribution in [0.15, 0.2) is 42.5 Å². The van der Waals surface area contributed by atoms with E-state index in [1.165, 1.54) is 24.3 Å². The number of rotatable bonds is 2. The van der Waals surface area contributed by atoms with Crippen molar-refractivity contribution in [2.45, 2.75) is 18.5 Å². The number of likely N-dealkylation sites (tertiary alicyclic amines) is 1. The highest BCUT2D eigenvalue weighted by Gasteiger charge is 2.41. The summed E-state index contributed by atoms with van der Waals surface area (Å²) >= 11 is 6.13. The van der Waals surface area contributed by atoms with Crippen LogP contribution in [0.4, 0.5) is 21.9 Å². The molecule has 2 heterocycles. The Morgan fingerprint density at radius 3 is 2.48 bits per heavy atom. The molecule has 3 N–H and O–H groups in total. The number of fused-ring (bicyclic) bond motifs is 1. The van der Waals surface area contributed by atoms with Gasteiger partial charge in [-0.3, -0.25) is 14.9 Å². The first-order valence-electron chi connectivity index (χ1n) is 9.06. The normalized spacial score (nSPS) is 17.1. The van der Waals surface area contributed by atoms with Crippen molar-refractivity contribution in [3.8, 4) is 0 Å². The van der Waals surface area contributed by atoms with Gasteiger partial charge in [0.1, 0.15) is 5.66 Å². The summed E-state index contributed by atoms with van der Waals surface area (Å²) in [6, 6.07) is 10.6. The van der Waals surface area contributed by atoms with Crippen molar-refractivity contribution in [3.05, 3.63) is 63.2 Å². The zero-order chi connectivity index (χ0) is 20.6. The van der Waals surface area contributed by atoms with Crippen molar-refractivity contribution in [2.75, 3.05) is 23.7 Å². The van der Waals surface area contributed by atoms with Gasteiger partial charge in [-0.15, -0.1) is 0 Å². The first-order chi connectivity index (χ1) is 13.9. The molecule has 1 spiro atoms. The first kappa shape index (κ1) is 19.0. The van der Waals surface area contributed by atoms with Crippen LogP contribution in [0.25, 0.3) is 0 Å². The standard InChI is InChI=1S/C19H18ClN5O4/c20-14-2-1-3-15-16(14)17(26)23-19(22-15)8-10-24(11-9-19)18(27)21-12-4-6-13(7-5-12)25(28)29/h1-7,22H,8-11H2,(H,21,27)(H,23,26). The summed E-state index contributed by atoms with van der Waals surface area (Å²) in [5.41, 5.74) is 0.929. The molecule has 2 aliphatic rings. The summed E-state index contributed by atoms with van der Waals surface area (Å²) in [6.45, 7) is 0.865. The molecule has 0 unspecified atom stereocenters. The van der Waals surface area contributed by atoms with Crippen LogP contribution in [0, 0.1) is 10.1 Å². The van der Waals surface area contributed by atoms with Crippen LogP contribution in [-0.4, -0.2) is 40.5 Å². The van der Waals surface area contributed by atoms with Gasteiger partial charge in [-0.1, -0.05) is 17.7 Å². The number of hydrogen-bond acceptors (Lipinski definition) is 5. The predicted molar refractivity (Wildman–Crippen MR) is 108 cm³/mol. The number of piperidine rings is 1. The van der Waals surface area contributed by atoms with E-state index in [4.69, 9.17) is 11.6 Å². The highest BCUT2D eigenvalue weighted by atomic mass is 35.5. The van der Waals surface area contributed by atoms with Crippen molar-refractivity contribution in [1.29, 1.82) is 0 Å². The molecule has 0 aromatic heterocycles. The number of hydrogen-bond donors (Lipinski definition) is 3. The van der Waals surface area contributed by atoms with Crippen molar-refractivity contribution in [2.24, 2.45) is 0 Å². The summed E-state index contributed by atoms with van der Waals surface area (Å²) in [4.78, 5) is 36.9. The van der Waals surface area contributed by atoms with E-state index in [-0.39, 0.29) is 17.6 Å². The molecular weight excluding hydrogens is 398 g/mol. The van der Waals surface area contributed by atoms with Crippen LogP contribution in [0.5, 0.6) is 0 Å². The number of nitrogens with one attached hydrogen (secondary N) is 3. The third kappa shape index (κ3) is 3.68. The average molecular weight is 416 g/mol. The average Bonchev–Trinajstić information content (AvgIpc) is 2.68. The molecule has 0 saturated carbocycles. The molecule has 0 radical (unpaired) electrons. The number of benzene rings is 2. The van der Waals surface area contributed by atoms with E-state index in [1.807, 2.05) is 6.07 Å². The molecule has 29 heavy (non-hydrogen) atoms. The van der Waals surface area contributed by atoms with E-state index in [0.717, 1.165) is 0 Å². The molecule has 10 heteroatoms. The maximum Gasteiger partial charge on any atom is 0.321 e. The third-order valence-corrected chi connectivity index (χ3v) is 5.52. The highest BCUT2D eigenvalue weighted by Crippen LogP contribution is 2.34. The van der Waals surface area contributed by atoms with Crippen LogP contribution >= 0.6 is 11.6 Å². The molecular formula is C19H18ClN5O4. The number of anilines is 2. The lowest BCUT2D eigenvalue weighted by molar-refractivity contribution is -0.384. The van der Waals surface area contributed by atoms with Gasteiger partial charge in [0.05, 0.1) is 21.2 Å². The van der Waals surface area contributed by atoms with Crippen molar-refractivity contribution in [1.82, 2.24) is 10.2 Å². The van der Waals surface area contributed by atoms with Gasteiger partial charge in [0.15, 0.2) is 0 Å². The monoisotopic (exact) mass is 415 g/mol. The zero-order valence-corrected chi connectivity index (χ0v) is 16.0. The summed E-state index contributed by atoms with van der Waals surface area (Å²) in [6.07, 6.45) is 1.05. The van der Waals surface area contributed by atoms with E-state index < -0.39 is 10.6 Å². The number of nitrogens with zero attached hydrogens (tertiary/aromatic N) is 2. The summed E-state index contributed by atoms with van der Waals surface area (Å²) in [5.74, 6) is -0.229. The Labute approximate surface area is 171 Å². The quantitative estimate of drug-likeness (QED) is 0.513. The number of halogens is 1. The second-order valence-electron chi connectivity index (χ2n) is 7.04. The Morgan fingerprint density at radius 2 is 1.83 bits per heavy atom. The molecule has 4 rings (SSSR count). The fraction of sp³-hybridized carbons (Fsp3) is 0.263. The van der Waals surface area contributed by atoms with Gasteiger partial charge in [0.2, 0.25) is 0 Å². The molecule has 3 amide bonds. The van der Waals surface area contributed by atoms with Crippen LogP contribution in [-0.2, 0) is 0 Å². The molecule has 2 aromatic carbocycles. The summed E-state index contributed by atoms with van der Waals surface area (Å²) in [7, 11) is 0. The van der Waals surface area contributed by atoms with Gasteiger partial charge < -0.3 is 20.9 Å². The van der Waals surface area contributed by atoms with Crippen LogP contribution in [0.1, 0.15) is 23.2 Å². The van der Waals surface area contributed by atoms with Gasteiger partial charge in [0.25, 0.3) is 11.6 Å². The molecule has 2 aliphatic heterocycles. The topological polar surface area (TPSA) is 117 Å². The Balaban J connectivity index is 1.40.